The second-order valence-electron chi connectivity index (χ2n) is 4.17. The Hall–Kier alpha value is -0.980. The van der Waals surface area contributed by atoms with Crippen molar-refractivity contribution in [3.05, 3.63) is 34.1 Å². The van der Waals surface area contributed by atoms with Crippen LogP contribution >= 0.6 is 15.9 Å². The van der Waals surface area contributed by atoms with Gasteiger partial charge in [-0.25, -0.2) is 9.18 Å². The lowest BCUT2D eigenvalue weighted by molar-refractivity contribution is -0.156. The zero-order valence-corrected chi connectivity index (χ0v) is 11.2. The van der Waals surface area contributed by atoms with Crippen LogP contribution < -0.4 is 0 Å². The van der Waals surface area contributed by atoms with Crippen LogP contribution in [0, 0.1) is 5.82 Å². The maximum Gasteiger partial charge on any atom is 0.334 e. The van der Waals surface area contributed by atoms with Crippen LogP contribution in [-0.2, 0) is 16.1 Å². The highest BCUT2D eigenvalue weighted by Crippen LogP contribution is 2.18. The summed E-state index contributed by atoms with van der Waals surface area (Å²) in [4.78, 5) is 12.7. The highest BCUT2D eigenvalue weighted by Gasteiger charge is 2.26. The van der Waals surface area contributed by atoms with Crippen LogP contribution in [0.1, 0.15) is 5.56 Å². The van der Waals surface area contributed by atoms with Crippen molar-refractivity contribution in [2.75, 3.05) is 19.7 Å². The summed E-state index contributed by atoms with van der Waals surface area (Å²) < 4.78 is 19.5. The Morgan fingerprint density at radius 2 is 2.39 bits per heavy atom. The van der Waals surface area contributed by atoms with E-state index in [1.54, 1.807) is 12.1 Å². The van der Waals surface area contributed by atoms with Crippen molar-refractivity contribution in [1.29, 1.82) is 0 Å². The summed E-state index contributed by atoms with van der Waals surface area (Å²) in [5, 5.41) is 8.88. The molecule has 6 heteroatoms. The molecule has 0 bridgehead atoms. The smallest absolute Gasteiger partial charge is 0.334 e. The number of benzene rings is 1. The van der Waals surface area contributed by atoms with Gasteiger partial charge in [-0.3, -0.25) is 4.90 Å². The number of morpholine rings is 1. The molecule has 0 spiro atoms. The third-order valence-corrected chi connectivity index (χ3v) is 3.33. The van der Waals surface area contributed by atoms with Gasteiger partial charge in [-0.05, 0) is 12.1 Å². The normalized spacial score (nSPS) is 20.9. The van der Waals surface area contributed by atoms with Gasteiger partial charge in [-0.15, -0.1) is 0 Å². The molecular formula is C12H13BrFNO3. The fourth-order valence-corrected chi connectivity index (χ4v) is 2.22. The number of carboxylic acid groups (broad SMARTS) is 1. The van der Waals surface area contributed by atoms with Gasteiger partial charge in [0.15, 0.2) is 6.10 Å². The van der Waals surface area contributed by atoms with Crippen molar-refractivity contribution in [2.24, 2.45) is 0 Å². The highest BCUT2D eigenvalue weighted by atomic mass is 79.9. The lowest BCUT2D eigenvalue weighted by Gasteiger charge is -2.30. The number of hydrogen-bond acceptors (Lipinski definition) is 3. The van der Waals surface area contributed by atoms with Crippen molar-refractivity contribution in [3.8, 4) is 0 Å². The summed E-state index contributed by atoms with van der Waals surface area (Å²) in [5.41, 5.74) is 0.559. The third kappa shape index (κ3) is 3.28. The van der Waals surface area contributed by atoms with Crippen LogP contribution in [0.3, 0.4) is 0 Å². The summed E-state index contributed by atoms with van der Waals surface area (Å²) in [6.45, 7) is 1.64. The Morgan fingerprint density at radius 3 is 3.06 bits per heavy atom. The lowest BCUT2D eigenvalue weighted by Crippen LogP contribution is -2.45. The predicted octanol–water partition coefficient (Wildman–Crippen LogP) is 1.87. The van der Waals surface area contributed by atoms with E-state index in [4.69, 9.17) is 9.84 Å². The van der Waals surface area contributed by atoms with Gasteiger partial charge in [-0.2, -0.15) is 0 Å². The first-order valence-electron chi connectivity index (χ1n) is 5.57. The van der Waals surface area contributed by atoms with Gasteiger partial charge in [0, 0.05) is 29.7 Å². The van der Waals surface area contributed by atoms with E-state index in [1.165, 1.54) is 6.07 Å². The van der Waals surface area contributed by atoms with Crippen LogP contribution in [0.15, 0.2) is 22.7 Å². The molecule has 1 fully saturated rings. The van der Waals surface area contributed by atoms with E-state index in [-0.39, 0.29) is 12.4 Å². The van der Waals surface area contributed by atoms with Crippen LogP contribution in [0.25, 0.3) is 0 Å². The molecule has 1 saturated heterocycles. The number of rotatable bonds is 3. The van der Waals surface area contributed by atoms with E-state index in [0.29, 0.717) is 29.7 Å². The fourth-order valence-electron chi connectivity index (χ4n) is 1.89. The molecule has 1 N–H and O–H groups in total. The van der Waals surface area contributed by atoms with Crippen LogP contribution in [0.5, 0.6) is 0 Å². The number of aliphatic carboxylic acids is 1. The molecule has 1 unspecified atom stereocenters. The maximum atomic E-state index is 13.7. The molecule has 2 rings (SSSR count). The lowest BCUT2D eigenvalue weighted by atomic mass is 10.2. The largest absolute Gasteiger partial charge is 0.479 e. The molecule has 1 aromatic carbocycles. The SMILES string of the molecule is O=C(O)C1CN(Cc2ccc(Br)cc2F)CCO1. The minimum absolute atomic E-state index is 0.283. The number of halogens is 2. The van der Waals surface area contributed by atoms with Gasteiger partial charge in [0.2, 0.25) is 0 Å². The van der Waals surface area contributed by atoms with E-state index in [9.17, 15) is 9.18 Å². The Kier molecular flexibility index (Phi) is 4.31. The van der Waals surface area contributed by atoms with Gasteiger partial charge in [-0.1, -0.05) is 22.0 Å². The van der Waals surface area contributed by atoms with Gasteiger partial charge in [0.25, 0.3) is 0 Å². The molecule has 0 aromatic heterocycles. The van der Waals surface area contributed by atoms with E-state index in [2.05, 4.69) is 15.9 Å². The summed E-state index contributed by atoms with van der Waals surface area (Å²) in [7, 11) is 0. The molecule has 1 aliphatic rings. The molecule has 0 saturated carbocycles. The zero-order valence-electron chi connectivity index (χ0n) is 9.60. The van der Waals surface area contributed by atoms with Crippen molar-refractivity contribution in [3.63, 3.8) is 0 Å². The topological polar surface area (TPSA) is 49.8 Å². The van der Waals surface area contributed by atoms with E-state index in [1.807, 2.05) is 4.90 Å². The minimum Gasteiger partial charge on any atom is -0.479 e. The predicted molar refractivity (Wildman–Crippen MR) is 66.8 cm³/mol. The average molecular weight is 318 g/mol. The molecule has 0 aliphatic carbocycles. The average Bonchev–Trinajstić information content (AvgIpc) is 2.33. The highest BCUT2D eigenvalue weighted by molar-refractivity contribution is 9.10. The van der Waals surface area contributed by atoms with Gasteiger partial charge in [0.1, 0.15) is 5.82 Å². The first-order chi connectivity index (χ1) is 8.56. The molecule has 1 aromatic rings. The van der Waals surface area contributed by atoms with Crippen LogP contribution in [0.2, 0.25) is 0 Å². The zero-order chi connectivity index (χ0) is 13.1. The second kappa shape index (κ2) is 5.77. The molecule has 1 aliphatic heterocycles. The fraction of sp³-hybridized carbons (Fsp3) is 0.417. The maximum absolute atomic E-state index is 13.7. The summed E-state index contributed by atoms with van der Waals surface area (Å²) in [6, 6.07) is 4.88. The number of hydrogen-bond donors (Lipinski definition) is 1. The first-order valence-corrected chi connectivity index (χ1v) is 6.36. The van der Waals surface area contributed by atoms with Crippen LogP contribution in [-0.4, -0.2) is 41.8 Å². The standard InChI is InChI=1S/C12H13BrFNO3/c13-9-2-1-8(10(14)5-9)6-15-3-4-18-11(7-15)12(16)17/h1-2,5,11H,3-4,6-7H2,(H,16,17). The van der Waals surface area contributed by atoms with Crippen molar-refractivity contribution >= 4 is 21.9 Å². The Balaban J connectivity index is 2.02. The van der Waals surface area contributed by atoms with E-state index in [0.717, 1.165) is 0 Å². The first kappa shape index (κ1) is 13.5. The minimum atomic E-state index is -0.976. The molecule has 0 radical (unpaired) electrons. The van der Waals surface area contributed by atoms with Crippen LogP contribution in [0.4, 0.5) is 4.39 Å². The monoisotopic (exact) mass is 317 g/mol. The van der Waals surface area contributed by atoms with Gasteiger partial charge < -0.3 is 9.84 Å². The summed E-state index contributed by atoms with van der Waals surface area (Å²) in [6.07, 6.45) is -0.822. The number of carbonyl (C=O) groups is 1. The Bertz CT molecular complexity index is 455. The quantitative estimate of drug-likeness (QED) is 0.924. The Morgan fingerprint density at radius 1 is 1.61 bits per heavy atom. The van der Waals surface area contributed by atoms with E-state index >= 15 is 0 Å². The molecule has 1 atom stereocenters. The molecule has 18 heavy (non-hydrogen) atoms. The number of carboxylic acids is 1. The molecule has 1 heterocycles. The second-order valence-corrected chi connectivity index (χ2v) is 5.08. The van der Waals surface area contributed by atoms with Crippen molar-refractivity contribution in [1.82, 2.24) is 4.90 Å². The van der Waals surface area contributed by atoms with Gasteiger partial charge in [0.05, 0.1) is 6.61 Å². The molecular weight excluding hydrogens is 305 g/mol. The number of ether oxygens (including phenoxy) is 1. The molecule has 0 amide bonds. The molecule has 4 nitrogen and oxygen atoms in total. The molecule has 98 valence electrons. The van der Waals surface area contributed by atoms with Gasteiger partial charge >= 0.3 is 5.97 Å². The van der Waals surface area contributed by atoms with Crippen molar-refractivity contribution < 1.29 is 19.0 Å². The van der Waals surface area contributed by atoms with Crippen molar-refractivity contribution in [2.45, 2.75) is 12.6 Å². The number of nitrogens with zero attached hydrogens (tertiary/aromatic N) is 1. The third-order valence-electron chi connectivity index (χ3n) is 2.84. The Labute approximate surface area is 112 Å². The van der Waals surface area contributed by atoms with E-state index < -0.39 is 12.1 Å². The summed E-state index contributed by atoms with van der Waals surface area (Å²) in [5.74, 6) is -1.27. The summed E-state index contributed by atoms with van der Waals surface area (Å²) >= 11 is 3.20.